The highest BCUT2D eigenvalue weighted by Gasteiger charge is 2.17. The summed E-state index contributed by atoms with van der Waals surface area (Å²) in [5.41, 5.74) is 2.30. The van der Waals surface area contributed by atoms with Crippen molar-refractivity contribution < 1.29 is 19.0 Å². The van der Waals surface area contributed by atoms with Gasteiger partial charge in [0.25, 0.3) is 5.91 Å². The average Bonchev–Trinajstić information content (AvgIpc) is 3.53. The number of carbonyl (C=O) groups is 1. The molecule has 2 aromatic heterocycles. The van der Waals surface area contributed by atoms with Gasteiger partial charge in [0.2, 0.25) is 11.7 Å². The minimum absolute atomic E-state index is 0.157. The summed E-state index contributed by atoms with van der Waals surface area (Å²) in [4.78, 5) is 23.9. The van der Waals surface area contributed by atoms with E-state index in [0.29, 0.717) is 52.5 Å². The number of amides is 1. The molecular weight excluding hydrogens is 450 g/mol. The van der Waals surface area contributed by atoms with E-state index in [-0.39, 0.29) is 5.91 Å². The fourth-order valence-electron chi connectivity index (χ4n) is 4.07. The largest absolute Gasteiger partial charge is 0.493 e. The standard InChI is InChI=1S/C24H31N7O4/c1-30-19(23(32)25-9-12-31-10-5-6-11-31)15-18(29-30)17-7-8-26-24(28-17)27-16-13-20(33-2)22(35-4)21(14-16)34-3/h7-8,13-15H,5-6,9-12H2,1-4H3,(H,25,32)(H,26,27,28). The zero-order valence-corrected chi connectivity index (χ0v) is 20.5. The summed E-state index contributed by atoms with van der Waals surface area (Å²) in [6, 6.07) is 7.01. The first-order valence-electron chi connectivity index (χ1n) is 11.5. The first kappa shape index (κ1) is 24.3. The number of aryl methyl sites for hydroxylation is 1. The van der Waals surface area contributed by atoms with Crippen LogP contribution in [0.2, 0.25) is 0 Å². The number of carbonyl (C=O) groups excluding carboxylic acids is 1. The third-order valence-corrected chi connectivity index (χ3v) is 5.86. The number of ether oxygens (including phenoxy) is 3. The van der Waals surface area contributed by atoms with Crippen molar-refractivity contribution in [2.24, 2.45) is 7.05 Å². The highest BCUT2D eigenvalue weighted by Crippen LogP contribution is 2.40. The zero-order valence-electron chi connectivity index (χ0n) is 20.5. The van der Waals surface area contributed by atoms with Crippen molar-refractivity contribution >= 4 is 17.5 Å². The zero-order chi connectivity index (χ0) is 24.8. The minimum Gasteiger partial charge on any atom is -0.493 e. The summed E-state index contributed by atoms with van der Waals surface area (Å²) < 4.78 is 17.7. The van der Waals surface area contributed by atoms with Crippen molar-refractivity contribution in [3.8, 4) is 28.6 Å². The molecule has 11 heteroatoms. The van der Waals surface area contributed by atoms with Gasteiger partial charge < -0.3 is 29.7 Å². The Morgan fingerprint density at radius 3 is 2.40 bits per heavy atom. The van der Waals surface area contributed by atoms with Gasteiger partial charge in [0.05, 0.1) is 27.0 Å². The van der Waals surface area contributed by atoms with Crippen LogP contribution in [0.15, 0.2) is 30.5 Å². The molecule has 3 aromatic rings. The Labute approximate surface area is 204 Å². The summed E-state index contributed by atoms with van der Waals surface area (Å²) in [5, 5.41) is 10.6. The molecule has 1 aliphatic heterocycles. The molecule has 0 bridgehead atoms. The number of hydrogen-bond acceptors (Lipinski definition) is 9. The highest BCUT2D eigenvalue weighted by atomic mass is 16.5. The Kier molecular flexibility index (Phi) is 7.66. The Morgan fingerprint density at radius 1 is 1.03 bits per heavy atom. The molecule has 0 saturated carbocycles. The summed E-state index contributed by atoms with van der Waals surface area (Å²) in [6.07, 6.45) is 4.09. The number of rotatable bonds is 10. The number of benzene rings is 1. The van der Waals surface area contributed by atoms with Gasteiger partial charge in [0.1, 0.15) is 11.4 Å². The summed E-state index contributed by atoms with van der Waals surface area (Å²) in [5.74, 6) is 1.72. The predicted molar refractivity (Wildman–Crippen MR) is 132 cm³/mol. The van der Waals surface area contributed by atoms with Crippen LogP contribution in [0, 0.1) is 0 Å². The van der Waals surface area contributed by atoms with Gasteiger partial charge in [-0.3, -0.25) is 9.48 Å². The highest BCUT2D eigenvalue weighted by molar-refractivity contribution is 5.93. The Balaban J connectivity index is 1.48. The lowest BCUT2D eigenvalue weighted by molar-refractivity contribution is 0.0940. The van der Waals surface area contributed by atoms with Gasteiger partial charge in [-0.05, 0) is 38.1 Å². The van der Waals surface area contributed by atoms with Crippen molar-refractivity contribution in [3.05, 3.63) is 36.2 Å². The third kappa shape index (κ3) is 5.62. The molecule has 1 aromatic carbocycles. The first-order chi connectivity index (χ1) is 17.0. The molecule has 0 unspecified atom stereocenters. The number of nitrogens with one attached hydrogen (secondary N) is 2. The van der Waals surface area contributed by atoms with Crippen molar-refractivity contribution in [3.63, 3.8) is 0 Å². The first-order valence-corrected chi connectivity index (χ1v) is 11.5. The molecule has 0 atom stereocenters. The second-order valence-electron chi connectivity index (χ2n) is 8.15. The Bertz CT molecular complexity index is 1150. The number of methoxy groups -OCH3 is 3. The summed E-state index contributed by atoms with van der Waals surface area (Å²) in [6.45, 7) is 3.67. The number of anilines is 2. The van der Waals surface area contributed by atoms with Gasteiger partial charge in [-0.25, -0.2) is 9.97 Å². The number of aromatic nitrogens is 4. The lowest BCUT2D eigenvalue weighted by atomic mass is 10.2. The molecule has 1 aliphatic rings. The van der Waals surface area contributed by atoms with Gasteiger partial charge in [0, 0.05) is 44.2 Å². The number of nitrogens with zero attached hydrogens (tertiary/aromatic N) is 5. The molecule has 35 heavy (non-hydrogen) atoms. The topological polar surface area (TPSA) is 116 Å². The summed E-state index contributed by atoms with van der Waals surface area (Å²) in [7, 11) is 6.41. The van der Waals surface area contributed by atoms with Crippen LogP contribution in [0.5, 0.6) is 17.2 Å². The maximum atomic E-state index is 12.7. The van der Waals surface area contributed by atoms with E-state index in [0.717, 1.165) is 19.6 Å². The van der Waals surface area contributed by atoms with Gasteiger partial charge in [-0.2, -0.15) is 5.10 Å². The molecule has 4 rings (SSSR count). The van der Waals surface area contributed by atoms with Crippen LogP contribution in [-0.2, 0) is 7.05 Å². The average molecular weight is 482 g/mol. The van der Waals surface area contributed by atoms with E-state index in [4.69, 9.17) is 14.2 Å². The monoisotopic (exact) mass is 481 g/mol. The number of likely N-dealkylation sites (tertiary alicyclic amines) is 1. The Morgan fingerprint density at radius 2 is 1.74 bits per heavy atom. The normalized spacial score (nSPS) is 13.5. The molecule has 0 spiro atoms. The lowest BCUT2D eigenvalue weighted by Crippen LogP contribution is -2.34. The fraction of sp³-hybridized carbons (Fsp3) is 0.417. The smallest absolute Gasteiger partial charge is 0.269 e. The van der Waals surface area contributed by atoms with E-state index in [9.17, 15) is 4.79 Å². The van der Waals surface area contributed by atoms with Crippen LogP contribution in [0.3, 0.4) is 0 Å². The van der Waals surface area contributed by atoms with E-state index in [1.807, 2.05) is 0 Å². The molecule has 0 radical (unpaired) electrons. The van der Waals surface area contributed by atoms with E-state index < -0.39 is 0 Å². The molecule has 2 N–H and O–H groups in total. The quantitative estimate of drug-likeness (QED) is 0.450. The predicted octanol–water partition coefficient (Wildman–Crippen LogP) is 2.47. The minimum atomic E-state index is -0.157. The van der Waals surface area contributed by atoms with Crippen LogP contribution >= 0.6 is 0 Å². The molecule has 3 heterocycles. The second kappa shape index (κ2) is 11.0. The molecule has 186 valence electrons. The van der Waals surface area contributed by atoms with E-state index in [1.54, 1.807) is 63.5 Å². The SMILES string of the molecule is COc1cc(Nc2nccc(-c3cc(C(=O)NCCN4CCCC4)n(C)n3)n2)cc(OC)c1OC. The van der Waals surface area contributed by atoms with Gasteiger partial charge in [-0.1, -0.05) is 0 Å². The second-order valence-corrected chi connectivity index (χ2v) is 8.15. The maximum absolute atomic E-state index is 12.7. The van der Waals surface area contributed by atoms with Crippen LogP contribution in [0.25, 0.3) is 11.4 Å². The van der Waals surface area contributed by atoms with Gasteiger partial charge in [0.15, 0.2) is 11.5 Å². The maximum Gasteiger partial charge on any atom is 0.269 e. The summed E-state index contributed by atoms with van der Waals surface area (Å²) >= 11 is 0. The van der Waals surface area contributed by atoms with E-state index >= 15 is 0 Å². The molecular formula is C24H31N7O4. The number of hydrogen-bond donors (Lipinski definition) is 2. The van der Waals surface area contributed by atoms with Gasteiger partial charge in [-0.15, -0.1) is 0 Å². The van der Waals surface area contributed by atoms with E-state index in [1.165, 1.54) is 12.8 Å². The van der Waals surface area contributed by atoms with Crippen LogP contribution in [-0.4, -0.2) is 78.1 Å². The molecule has 1 saturated heterocycles. The third-order valence-electron chi connectivity index (χ3n) is 5.86. The Hall–Kier alpha value is -3.86. The van der Waals surface area contributed by atoms with Crippen molar-refractivity contribution in [2.75, 3.05) is 52.8 Å². The van der Waals surface area contributed by atoms with Crippen LogP contribution in [0.4, 0.5) is 11.6 Å². The fourth-order valence-corrected chi connectivity index (χ4v) is 4.07. The van der Waals surface area contributed by atoms with Crippen molar-refractivity contribution in [1.29, 1.82) is 0 Å². The lowest BCUT2D eigenvalue weighted by Gasteiger charge is -2.14. The van der Waals surface area contributed by atoms with Crippen molar-refractivity contribution in [1.82, 2.24) is 30.0 Å². The van der Waals surface area contributed by atoms with E-state index in [2.05, 4.69) is 30.6 Å². The molecule has 1 amide bonds. The van der Waals surface area contributed by atoms with Crippen LogP contribution in [0.1, 0.15) is 23.3 Å². The van der Waals surface area contributed by atoms with Crippen LogP contribution < -0.4 is 24.8 Å². The van der Waals surface area contributed by atoms with Gasteiger partial charge >= 0.3 is 0 Å². The molecule has 1 fully saturated rings. The molecule has 11 nitrogen and oxygen atoms in total. The molecule has 0 aliphatic carbocycles. The van der Waals surface area contributed by atoms with Crippen molar-refractivity contribution in [2.45, 2.75) is 12.8 Å².